The van der Waals surface area contributed by atoms with E-state index in [2.05, 4.69) is 0 Å². The highest BCUT2D eigenvalue weighted by atomic mass is 16.3. The fourth-order valence-electron chi connectivity index (χ4n) is 2.39. The van der Waals surface area contributed by atoms with E-state index >= 15 is 0 Å². The lowest BCUT2D eigenvalue weighted by Crippen LogP contribution is -3.10. The lowest BCUT2D eigenvalue weighted by Gasteiger charge is -2.17. The molecule has 0 aromatic heterocycles. The Morgan fingerprint density at radius 3 is 2.38 bits per heavy atom. The molecule has 1 aliphatic heterocycles. The first-order valence-electron chi connectivity index (χ1n) is 6.10. The van der Waals surface area contributed by atoms with E-state index in [-0.39, 0.29) is 5.75 Å². The number of nitrogens with one attached hydrogen (secondary N) is 1. The van der Waals surface area contributed by atoms with Crippen molar-refractivity contribution in [2.45, 2.75) is 32.2 Å². The van der Waals surface area contributed by atoms with E-state index in [1.165, 1.54) is 49.7 Å². The third kappa shape index (κ3) is 2.89. The zero-order chi connectivity index (χ0) is 11.4. The largest absolute Gasteiger partial charge is 0.508 e. The predicted octanol–water partition coefficient (Wildman–Crippen LogP) is 1.06. The van der Waals surface area contributed by atoms with Gasteiger partial charge in [0.1, 0.15) is 18.0 Å². The van der Waals surface area contributed by atoms with E-state index in [1.807, 2.05) is 0 Å². The Balaban J connectivity index is 2.04. The number of phenolic OH excluding ortho intramolecular Hbond substituents is 2. The minimum absolute atomic E-state index is 0.238. The monoisotopic (exact) mass is 222 g/mol. The van der Waals surface area contributed by atoms with Gasteiger partial charge in [-0.2, -0.15) is 0 Å². The molecule has 0 atom stereocenters. The van der Waals surface area contributed by atoms with Crippen molar-refractivity contribution in [2.75, 3.05) is 13.1 Å². The Morgan fingerprint density at radius 2 is 1.69 bits per heavy atom. The summed E-state index contributed by atoms with van der Waals surface area (Å²) in [6.07, 6.45) is 5.20. The number of likely N-dealkylation sites (tertiary alicyclic amines) is 1. The van der Waals surface area contributed by atoms with Crippen LogP contribution in [0.15, 0.2) is 18.2 Å². The minimum Gasteiger partial charge on any atom is -0.508 e. The molecule has 0 aliphatic carbocycles. The quantitative estimate of drug-likeness (QED) is 0.655. The van der Waals surface area contributed by atoms with E-state index in [0.717, 1.165) is 12.1 Å². The minimum atomic E-state index is 0.238. The average molecular weight is 222 g/mol. The van der Waals surface area contributed by atoms with Crippen molar-refractivity contribution in [3.8, 4) is 11.5 Å². The van der Waals surface area contributed by atoms with Crippen molar-refractivity contribution in [3.05, 3.63) is 23.8 Å². The van der Waals surface area contributed by atoms with Crippen LogP contribution in [0.4, 0.5) is 0 Å². The van der Waals surface area contributed by atoms with Crippen LogP contribution in [0.2, 0.25) is 0 Å². The molecule has 3 N–H and O–H groups in total. The molecule has 16 heavy (non-hydrogen) atoms. The zero-order valence-corrected chi connectivity index (χ0v) is 9.58. The van der Waals surface area contributed by atoms with Crippen molar-refractivity contribution in [3.63, 3.8) is 0 Å². The summed E-state index contributed by atoms with van der Waals surface area (Å²) < 4.78 is 0. The summed E-state index contributed by atoms with van der Waals surface area (Å²) in [6.45, 7) is 3.17. The first-order valence-corrected chi connectivity index (χ1v) is 6.10. The summed E-state index contributed by atoms with van der Waals surface area (Å²) in [5.74, 6) is 0.538. The van der Waals surface area contributed by atoms with E-state index < -0.39 is 0 Å². The molecule has 1 aromatic rings. The molecule has 1 fully saturated rings. The highest BCUT2D eigenvalue weighted by Crippen LogP contribution is 2.21. The summed E-state index contributed by atoms with van der Waals surface area (Å²) in [4.78, 5) is 1.51. The van der Waals surface area contributed by atoms with Crippen LogP contribution in [0.1, 0.15) is 31.2 Å². The van der Waals surface area contributed by atoms with Crippen molar-refractivity contribution in [1.82, 2.24) is 0 Å². The van der Waals surface area contributed by atoms with Gasteiger partial charge in [0.15, 0.2) is 0 Å². The van der Waals surface area contributed by atoms with Gasteiger partial charge in [-0.15, -0.1) is 0 Å². The summed E-state index contributed by atoms with van der Waals surface area (Å²) >= 11 is 0. The third-order valence-corrected chi connectivity index (χ3v) is 3.31. The summed E-state index contributed by atoms with van der Waals surface area (Å²) in [7, 11) is 0. The molecule has 0 saturated carbocycles. The topological polar surface area (TPSA) is 44.9 Å². The highest BCUT2D eigenvalue weighted by Gasteiger charge is 2.14. The summed E-state index contributed by atoms with van der Waals surface area (Å²) in [5.41, 5.74) is 0.858. The number of hydrogen-bond donors (Lipinski definition) is 3. The van der Waals surface area contributed by atoms with Crippen molar-refractivity contribution < 1.29 is 15.1 Å². The van der Waals surface area contributed by atoms with Crippen LogP contribution < -0.4 is 4.90 Å². The molecule has 0 radical (unpaired) electrons. The molecule has 0 bridgehead atoms. The standard InChI is InChI=1S/C13H19NO2/c15-12-5-6-13(16)11(9-12)10-14-7-3-1-2-4-8-14/h5-6,9,15-16H,1-4,7-8,10H2/p+1. The second-order valence-corrected chi connectivity index (χ2v) is 4.65. The molecule has 1 saturated heterocycles. The fraction of sp³-hybridized carbons (Fsp3) is 0.538. The average Bonchev–Trinajstić information content (AvgIpc) is 2.52. The molecule has 1 aliphatic rings. The molecule has 1 heterocycles. The molecule has 1 aromatic carbocycles. The normalized spacial score (nSPS) is 18.2. The van der Waals surface area contributed by atoms with Gasteiger partial charge < -0.3 is 15.1 Å². The van der Waals surface area contributed by atoms with Gasteiger partial charge in [0, 0.05) is 0 Å². The molecular weight excluding hydrogens is 202 g/mol. The fourth-order valence-corrected chi connectivity index (χ4v) is 2.39. The van der Waals surface area contributed by atoms with Crippen LogP contribution in [0.3, 0.4) is 0 Å². The van der Waals surface area contributed by atoms with Crippen LogP contribution in [0, 0.1) is 0 Å². The van der Waals surface area contributed by atoms with Crippen molar-refractivity contribution in [2.24, 2.45) is 0 Å². The molecule has 0 unspecified atom stereocenters. The van der Waals surface area contributed by atoms with Gasteiger partial charge in [-0.3, -0.25) is 0 Å². The van der Waals surface area contributed by atoms with Gasteiger partial charge in [0.05, 0.1) is 18.7 Å². The van der Waals surface area contributed by atoms with E-state index in [0.29, 0.717) is 5.75 Å². The van der Waals surface area contributed by atoms with Gasteiger partial charge in [-0.25, -0.2) is 0 Å². The van der Waals surface area contributed by atoms with E-state index in [4.69, 9.17) is 0 Å². The molecule has 0 amide bonds. The molecular formula is C13H20NO2+. The second kappa shape index (κ2) is 5.21. The highest BCUT2D eigenvalue weighted by molar-refractivity contribution is 5.37. The number of hydrogen-bond acceptors (Lipinski definition) is 2. The molecule has 3 nitrogen and oxygen atoms in total. The first kappa shape index (κ1) is 11.3. The van der Waals surface area contributed by atoms with Gasteiger partial charge in [-0.05, 0) is 43.9 Å². The van der Waals surface area contributed by atoms with Crippen LogP contribution in [-0.4, -0.2) is 23.3 Å². The van der Waals surface area contributed by atoms with E-state index in [9.17, 15) is 10.2 Å². The first-order chi connectivity index (χ1) is 7.75. The smallest absolute Gasteiger partial charge is 0.124 e. The van der Waals surface area contributed by atoms with Crippen molar-refractivity contribution >= 4 is 0 Å². The maximum absolute atomic E-state index is 9.71. The number of quaternary nitrogens is 1. The zero-order valence-electron chi connectivity index (χ0n) is 9.58. The molecule has 3 heteroatoms. The number of rotatable bonds is 2. The van der Waals surface area contributed by atoms with Crippen LogP contribution in [0.5, 0.6) is 11.5 Å². The second-order valence-electron chi connectivity index (χ2n) is 4.65. The van der Waals surface area contributed by atoms with Crippen molar-refractivity contribution in [1.29, 1.82) is 0 Å². The van der Waals surface area contributed by atoms with Gasteiger partial charge in [0.2, 0.25) is 0 Å². The Kier molecular flexibility index (Phi) is 3.67. The number of aromatic hydroxyl groups is 2. The lowest BCUT2D eigenvalue weighted by atomic mass is 10.1. The Morgan fingerprint density at radius 1 is 1.00 bits per heavy atom. The maximum atomic E-state index is 9.71. The predicted molar refractivity (Wildman–Crippen MR) is 62.6 cm³/mol. The molecule has 0 spiro atoms. The van der Waals surface area contributed by atoms with Gasteiger partial charge in [0.25, 0.3) is 0 Å². The maximum Gasteiger partial charge on any atom is 0.124 e. The number of benzene rings is 1. The summed E-state index contributed by atoms with van der Waals surface area (Å²) in [6, 6.07) is 4.77. The Labute approximate surface area is 96.3 Å². The molecule has 88 valence electrons. The van der Waals surface area contributed by atoms with Crippen LogP contribution in [-0.2, 0) is 6.54 Å². The van der Waals surface area contributed by atoms with Gasteiger partial charge in [-0.1, -0.05) is 0 Å². The SMILES string of the molecule is Oc1ccc(O)c(C[NH+]2CCCCCC2)c1. The molecule has 2 rings (SSSR count). The third-order valence-electron chi connectivity index (χ3n) is 3.31. The summed E-state index contributed by atoms with van der Waals surface area (Å²) in [5, 5.41) is 19.1. The Bertz CT molecular complexity index is 344. The number of phenols is 2. The van der Waals surface area contributed by atoms with Crippen LogP contribution >= 0.6 is 0 Å². The Hall–Kier alpha value is -1.22. The van der Waals surface area contributed by atoms with Gasteiger partial charge >= 0.3 is 0 Å². The van der Waals surface area contributed by atoms with Crippen LogP contribution in [0.25, 0.3) is 0 Å². The van der Waals surface area contributed by atoms with E-state index in [1.54, 1.807) is 12.1 Å². The lowest BCUT2D eigenvalue weighted by molar-refractivity contribution is -0.913.